The van der Waals surface area contributed by atoms with Crippen LogP contribution in [0.15, 0.2) is 30.3 Å². The SMILES string of the molecule is CN(C)C(C(=O)N1CCC1)c1ccccc1. The summed E-state index contributed by atoms with van der Waals surface area (Å²) in [5.74, 6) is 0.224. The number of hydrogen-bond donors (Lipinski definition) is 0. The summed E-state index contributed by atoms with van der Waals surface area (Å²) in [5, 5.41) is 0. The first-order valence-electron chi connectivity index (χ1n) is 5.70. The van der Waals surface area contributed by atoms with Gasteiger partial charge in [-0.25, -0.2) is 0 Å². The fourth-order valence-corrected chi connectivity index (χ4v) is 2.01. The molecule has 1 saturated heterocycles. The average molecular weight is 218 g/mol. The summed E-state index contributed by atoms with van der Waals surface area (Å²) in [5.41, 5.74) is 1.07. The Morgan fingerprint density at radius 1 is 1.25 bits per heavy atom. The molecule has 16 heavy (non-hydrogen) atoms. The summed E-state index contributed by atoms with van der Waals surface area (Å²) >= 11 is 0. The Labute approximate surface area is 96.7 Å². The van der Waals surface area contributed by atoms with Crippen molar-refractivity contribution in [2.75, 3.05) is 27.2 Å². The van der Waals surface area contributed by atoms with Gasteiger partial charge < -0.3 is 4.90 Å². The van der Waals surface area contributed by atoms with E-state index in [1.54, 1.807) is 0 Å². The lowest BCUT2D eigenvalue weighted by Gasteiger charge is -2.36. The first kappa shape index (κ1) is 11.1. The molecule has 0 bridgehead atoms. The van der Waals surface area contributed by atoms with Gasteiger partial charge in [0.2, 0.25) is 5.91 Å². The van der Waals surface area contributed by atoms with Crippen LogP contribution in [0, 0.1) is 0 Å². The number of rotatable bonds is 3. The van der Waals surface area contributed by atoms with Crippen molar-refractivity contribution in [2.24, 2.45) is 0 Å². The van der Waals surface area contributed by atoms with Crippen LogP contribution in [0.1, 0.15) is 18.0 Å². The molecule has 0 N–H and O–H groups in total. The Hall–Kier alpha value is -1.35. The fraction of sp³-hybridized carbons (Fsp3) is 0.462. The third-order valence-corrected chi connectivity index (χ3v) is 3.03. The minimum atomic E-state index is -0.138. The highest BCUT2D eigenvalue weighted by Crippen LogP contribution is 2.23. The van der Waals surface area contributed by atoms with E-state index in [-0.39, 0.29) is 11.9 Å². The lowest BCUT2D eigenvalue weighted by Crippen LogP contribution is -2.47. The lowest BCUT2D eigenvalue weighted by molar-refractivity contribution is -0.139. The van der Waals surface area contributed by atoms with Gasteiger partial charge in [0.05, 0.1) is 0 Å². The van der Waals surface area contributed by atoms with Crippen molar-refractivity contribution in [3.63, 3.8) is 0 Å². The number of hydrogen-bond acceptors (Lipinski definition) is 2. The summed E-state index contributed by atoms with van der Waals surface area (Å²) < 4.78 is 0. The van der Waals surface area contributed by atoms with Crippen molar-refractivity contribution in [1.82, 2.24) is 9.80 Å². The standard InChI is InChI=1S/C13H18N2O/c1-14(2)12(11-7-4-3-5-8-11)13(16)15-9-6-10-15/h3-5,7-8,12H,6,9-10H2,1-2H3. The topological polar surface area (TPSA) is 23.6 Å². The maximum Gasteiger partial charge on any atom is 0.244 e. The maximum atomic E-state index is 12.3. The van der Waals surface area contributed by atoms with Gasteiger partial charge in [-0.15, -0.1) is 0 Å². The summed E-state index contributed by atoms with van der Waals surface area (Å²) in [6.07, 6.45) is 1.14. The summed E-state index contributed by atoms with van der Waals surface area (Å²) in [6, 6.07) is 9.83. The van der Waals surface area contributed by atoms with Crippen LogP contribution >= 0.6 is 0 Å². The number of carbonyl (C=O) groups is 1. The van der Waals surface area contributed by atoms with Gasteiger partial charge in [0.25, 0.3) is 0 Å². The first-order chi connectivity index (χ1) is 7.70. The fourth-order valence-electron chi connectivity index (χ4n) is 2.01. The van der Waals surface area contributed by atoms with Gasteiger partial charge in [-0.3, -0.25) is 9.69 Å². The van der Waals surface area contributed by atoms with Crippen molar-refractivity contribution in [3.8, 4) is 0 Å². The van der Waals surface area contributed by atoms with Crippen molar-refractivity contribution in [2.45, 2.75) is 12.5 Å². The molecule has 2 rings (SSSR count). The smallest absolute Gasteiger partial charge is 0.244 e. The number of likely N-dealkylation sites (N-methyl/N-ethyl adjacent to an activating group) is 1. The first-order valence-corrected chi connectivity index (χ1v) is 5.70. The van der Waals surface area contributed by atoms with E-state index in [4.69, 9.17) is 0 Å². The molecule has 1 amide bonds. The Kier molecular flexibility index (Phi) is 3.25. The largest absolute Gasteiger partial charge is 0.341 e. The van der Waals surface area contributed by atoms with Crippen molar-refractivity contribution >= 4 is 5.91 Å². The van der Waals surface area contributed by atoms with Crippen LogP contribution in [0.3, 0.4) is 0 Å². The Balaban J connectivity index is 2.20. The van der Waals surface area contributed by atoms with Crippen LogP contribution in [-0.4, -0.2) is 42.9 Å². The van der Waals surface area contributed by atoms with E-state index in [1.807, 2.05) is 54.2 Å². The number of amides is 1. The van der Waals surface area contributed by atoms with Crippen LogP contribution in [-0.2, 0) is 4.79 Å². The van der Waals surface area contributed by atoms with Crippen LogP contribution < -0.4 is 0 Å². The Bertz CT molecular complexity index is 357. The van der Waals surface area contributed by atoms with Gasteiger partial charge in [0.15, 0.2) is 0 Å². The molecule has 0 aromatic heterocycles. The number of carbonyl (C=O) groups excluding carboxylic acids is 1. The molecular formula is C13H18N2O. The molecule has 1 unspecified atom stereocenters. The minimum Gasteiger partial charge on any atom is -0.341 e. The van der Waals surface area contributed by atoms with E-state index in [9.17, 15) is 4.79 Å². The van der Waals surface area contributed by atoms with Crippen molar-refractivity contribution in [1.29, 1.82) is 0 Å². The molecule has 1 heterocycles. The number of benzene rings is 1. The van der Waals surface area contributed by atoms with Gasteiger partial charge in [-0.2, -0.15) is 0 Å². The van der Waals surface area contributed by atoms with Crippen LogP contribution in [0.2, 0.25) is 0 Å². The second kappa shape index (κ2) is 4.66. The molecule has 86 valence electrons. The predicted molar refractivity (Wildman–Crippen MR) is 64.1 cm³/mol. The zero-order valence-electron chi connectivity index (χ0n) is 9.89. The van der Waals surface area contributed by atoms with Crippen LogP contribution in [0.4, 0.5) is 0 Å². The molecule has 0 spiro atoms. The minimum absolute atomic E-state index is 0.138. The van der Waals surface area contributed by atoms with Crippen molar-refractivity contribution < 1.29 is 4.79 Å². The predicted octanol–water partition coefficient (Wildman–Crippen LogP) is 1.52. The van der Waals surface area contributed by atoms with Gasteiger partial charge in [0.1, 0.15) is 6.04 Å². The zero-order valence-corrected chi connectivity index (χ0v) is 9.89. The van der Waals surface area contributed by atoms with E-state index in [0.29, 0.717) is 0 Å². The monoisotopic (exact) mass is 218 g/mol. The lowest BCUT2D eigenvalue weighted by atomic mass is 10.0. The molecule has 1 aromatic rings. The van der Waals surface area contributed by atoms with E-state index in [2.05, 4.69) is 0 Å². The number of likely N-dealkylation sites (tertiary alicyclic amines) is 1. The molecule has 3 nitrogen and oxygen atoms in total. The zero-order chi connectivity index (χ0) is 11.5. The highest BCUT2D eigenvalue weighted by Gasteiger charge is 2.30. The molecule has 1 aliphatic heterocycles. The third-order valence-electron chi connectivity index (χ3n) is 3.03. The highest BCUT2D eigenvalue weighted by atomic mass is 16.2. The van der Waals surface area contributed by atoms with Gasteiger partial charge >= 0.3 is 0 Å². The van der Waals surface area contributed by atoms with Gasteiger partial charge in [0, 0.05) is 13.1 Å². The Morgan fingerprint density at radius 3 is 2.31 bits per heavy atom. The molecule has 1 fully saturated rings. The quantitative estimate of drug-likeness (QED) is 0.768. The highest BCUT2D eigenvalue weighted by molar-refractivity contribution is 5.83. The molecular weight excluding hydrogens is 200 g/mol. The normalized spacial score (nSPS) is 17.1. The summed E-state index contributed by atoms with van der Waals surface area (Å²) in [4.78, 5) is 16.2. The van der Waals surface area contributed by atoms with E-state index >= 15 is 0 Å². The second-order valence-electron chi connectivity index (χ2n) is 4.46. The average Bonchev–Trinajstić information content (AvgIpc) is 2.16. The molecule has 0 saturated carbocycles. The third kappa shape index (κ3) is 2.09. The maximum absolute atomic E-state index is 12.3. The molecule has 1 atom stereocenters. The molecule has 3 heteroatoms. The van der Waals surface area contributed by atoms with Crippen LogP contribution in [0.25, 0.3) is 0 Å². The molecule has 0 radical (unpaired) electrons. The molecule has 0 aliphatic carbocycles. The van der Waals surface area contributed by atoms with E-state index < -0.39 is 0 Å². The second-order valence-corrected chi connectivity index (χ2v) is 4.46. The summed E-state index contributed by atoms with van der Waals surface area (Å²) in [6.45, 7) is 1.83. The van der Waals surface area contributed by atoms with Gasteiger partial charge in [-0.05, 0) is 26.1 Å². The molecule has 1 aliphatic rings. The Morgan fingerprint density at radius 2 is 1.88 bits per heavy atom. The van der Waals surface area contributed by atoms with Crippen molar-refractivity contribution in [3.05, 3.63) is 35.9 Å². The van der Waals surface area contributed by atoms with E-state index in [0.717, 1.165) is 25.1 Å². The molecule has 1 aromatic carbocycles. The number of nitrogens with zero attached hydrogens (tertiary/aromatic N) is 2. The summed E-state index contributed by atoms with van der Waals surface area (Å²) in [7, 11) is 3.91. The van der Waals surface area contributed by atoms with Gasteiger partial charge in [-0.1, -0.05) is 30.3 Å². The van der Waals surface area contributed by atoms with Crippen LogP contribution in [0.5, 0.6) is 0 Å². The van der Waals surface area contributed by atoms with E-state index in [1.165, 1.54) is 0 Å².